The summed E-state index contributed by atoms with van der Waals surface area (Å²) in [6.07, 6.45) is 3.76. The number of amides is 3. The van der Waals surface area contributed by atoms with Crippen LogP contribution in [0.15, 0.2) is 0 Å². The third-order valence-electron chi connectivity index (χ3n) is 6.57. The highest BCUT2D eigenvalue weighted by Gasteiger charge is 2.43. The first-order chi connectivity index (χ1) is 13.2. The second-order valence-electron chi connectivity index (χ2n) is 8.23. The zero-order chi connectivity index (χ0) is 18.8. The summed E-state index contributed by atoms with van der Waals surface area (Å²) < 4.78 is 5.33. The minimum absolute atomic E-state index is 0.0419. The molecule has 148 valence electrons. The Kier molecular flexibility index (Phi) is 5.50. The molecule has 0 spiro atoms. The summed E-state index contributed by atoms with van der Waals surface area (Å²) in [7, 11) is 0. The maximum absolute atomic E-state index is 12.6. The van der Waals surface area contributed by atoms with E-state index in [1.807, 2.05) is 9.80 Å². The monoisotopic (exact) mass is 375 g/mol. The number of nitrogens with zero attached hydrogens (tertiary/aromatic N) is 4. The van der Waals surface area contributed by atoms with Crippen LogP contribution in [0.4, 0.5) is 4.79 Å². The van der Waals surface area contributed by atoms with E-state index in [9.17, 15) is 9.59 Å². The van der Waals surface area contributed by atoms with Gasteiger partial charge in [-0.1, -0.05) is 0 Å². The van der Waals surface area contributed by atoms with Crippen LogP contribution in [-0.2, 0) is 9.53 Å². The number of carbonyl (C=O) groups is 2. The van der Waals surface area contributed by atoms with Crippen LogP contribution in [-0.4, -0.2) is 91.2 Å². The Bertz CT molecular complexity index is 601. The molecule has 0 aromatic heterocycles. The fraction of sp³-hybridized carbons (Fsp3) is 0.842. The summed E-state index contributed by atoms with van der Waals surface area (Å²) in [4.78, 5) is 30.6. The summed E-state index contributed by atoms with van der Waals surface area (Å²) in [5.74, 6) is 1.10. The standard InChI is InChI=1S/C19H29N5O3/c20-10-17-2-1-3-24(17)18(25)11-21-16-8-14-12-23(13-15(14)9-16)19(26)22-4-6-27-7-5-22/h14-17,21H,1-9,11-13H2/t14-,15-,17?/m1/s1. The largest absolute Gasteiger partial charge is 0.378 e. The molecule has 0 aromatic carbocycles. The summed E-state index contributed by atoms with van der Waals surface area (Å²) in [5.41, 5.74) is 0. The number of nitriles is 1. The molecule has 1 N–H and O–H groups in total. The number of rotatable bonds is 3. The topological polar surface area (TPSA) is 88.9 Å². The minimum atomic E-state index is -0.248. The predicted molar refractivity (Wildman–Crippen MR) is 97.7 cm³/mol. The number of morpholine rings is 1. The van der Waals surface area contributed by atoms with Crippen molar-refractivity contribution < 1.29 is 14.3 Å². The molecular weight excluding hydrogens is 346 g/mol. The van der Waals surface area contributed by atoms with Crippen molar-refractivity contribution in [1.82, 2.24) is 20.0 Å². The van der Waals surface area contributed by atoms with E-state index in [0.29, 0.717) is 57.3 Å². The van der Waals surface area contributed by atoms with Crippen molar-refractivity contribution >= 4 is 11.9 Å². The minimum Gasteiger partial charge on any atom is -0.378 e. The molecule has 3 atom stereocenters. The van der Waals surface area contributed by atoms with Gasteiger partial charge in [0.25, 0.3) is 0 Å². The van der Waals surface area contributed by atoms with Crippen LogP contribution < -0.4 is 5.32 Å². The van der Waals surface area contributed by atoms with E-state index in [2.05, 4.69) is 11.4 Å². The molecule has 4 rings (SSSR count). The van der Waals surface area contributed by atoms with Crippen LogP contribution >= 0.6 is 0 Å². The average Bonchev–Trinajstić information content (AvgIpc) is 3.40. The van der Waals surface area contributed by atoms with Crippen molar-refractivity contribution in [3.05, 3.63) is 0 Å². The maximum Gasteiger partial charge on any atom is 0.320 e. The van der Waals surface area contributed by atoms with Gasteiger partial charge in [0.1, 0.15) is 6.04 Å². The van der Waals surface area contributed by atoms with Crippen LogP contribution in [0.5, 0.6) is 0 Å². The van der Waals surface area contributed by atoms with Crippen molar-refractivity contribution in [3.63, 3.8) is 0 Å². The number of ether oxygens (including phenoxy) is 1. The van der Waals surface area contributed by atoms with Gasteiger partial charge in [0, 0.05) is 38.8 Å². The van der Waals surface area contributed by atoms with Crippen LogP contribution in [0.3, 0.4) is 0 Å². The van der Waals surface area contributed by atoms with E-state index in [1.165, 1.54) is 0 Å². The Hall–Kier alpha value is -1.85. The summed E-state index contributed by atoms with van der Waals surface area (Å²) >= 11 is 0. The zero-order valence-electron chi connectivity index (χ0n) is 15.8. The lowest BCUT2D eigenvalue weighted by molar-refractivity contribution is -0.130. The van der Waals surface area contributed by atoms with Gasteiger partial charge in [0.05, 0.1) is 25.8 Å². The number of nitrogens with one attached hydrogen (secondary N) is 1. The van der Waals surface area contributed by atoms with Crippen LogP contribution in [0, 0.1) is 23.2 Å². The Morgan fingerprint density at radius 1 is 1.07 bits per heavy atom. The lowest BCUT2D eigenvalue weighted by Crippen LogP contribution is -2.48. The number of hydrogen-bond donors (Lipinski definition) is 1. The van der Waals surface area contributed by atoms with E-state index in [0.717, 1.165) is 38.8 Å². The predicted octanol–water partition coefficient (Wildman–Crippen LogP) is 0.253. The molecule has 0 bridgehead atoms. The van der Waals surface area contributed by atoms with Gasteiger partial charge in [0.15, 0.2) is 0 Å². The normalized spacial score (nSPS) is 31.2. The molecule has 4 fully saturated rings. The smallest absolute Gasteiger partial charge is 0.320 e. The number of carbonyl (C=O) groups excluding carboxylic acids is 2. The lowest BCUT2D eigenvalue weighted by atomic mass is 10.0. The highest BCUT2D eigenvalue weighted by Crippen LogP contribution is 2.38. The molecule has 3 amide bonds. The third-order valence-corrected chi connectivity index (χ3v) is 6.57. The highest BCUT2D eigenvalue weighted by molar-refractivity contribution is 5.79. The molecule has 1 aliphatic carbocycles. The second kappa shape index (κ2) is 8.03. The molecule has 8 nitrogen and oxygen atoms in total. The van der Waals surface area contributed by atoms with Gasteiger partial charge in [-0.3, -0.25) is 4.79 Å². The number of fused-ring (bicyclic) bond motifs is 1. The Morgan fingerprint density at radius 2 is 1.78 bits per heavy atom. The van der Waals surface area contributed by atoms with Crippen molar-refractivity contribution in [3.8, 4) is 6.07 Å². The SMILES string of the molecule is N#CC1CCCN1C(=O)CNC1C[C@@H]2CN(C(=O)N3CCOCC3)C[C@H]2C1. The van der Waals surface area contributed by atoms with Crippen molar-refractivity contribution in [2.24, 2.45) is 11.8 Å². The molecule has 3 saturated heterocycles. The number of likely N-dealkylation sites (tertiary alicyclic amines) is 2. The summed E-state index contributed by atoms with van der Waals surface area (Å²) in [6, 6.07) is 2.47. The Balaban J connectivity index is 1.21. The number of urea groups is 1. The van der Waals surface area contributed by atoms with Gasteiger partial charge in [0.2, 0.25) is 5.91 Å². The molecule has 3 heterocycles. The molecule has 27 heavy (non-hydrogen) atoms. The van der Waals surface area contributed by atoms with Gasteiger partial charge in [-0.25, -0.2) is 4.79 Å². The Morgan fingerprint density at radius 3 is 2.44 bits per heavy atom. The van der Waals surface area contributed by atoms with E-state index in [-0.39, 0.29) is 18.0 Å². The first-order valence-electron chi connectivity index (χ1n) is 10.2. The molecule has 0 radical (unpaired) electrons. The molecule has 3 aliphatic heterocycles. The van der Waals surface area contributed by atoms with Gasteiger partial charge >= 0.3 is 6.03 Å². The first kappa shape index (κ1) is 18.5. The van der Waals surface area contributed by atoms with Gasteiger partial charge in [-0.15, -0.1) is 0 Å². The van der Waals surface area contributed by atoms with Gasteiger partial charge < -0.3 is 24.8 Å². The first-order valence-corrected chi connectivity index (χ1v) is 10.2. The van der Waals surface area contributed by atoms with Crippen molar-refractivity contribution in [1.29, 1.82) is 5.26 Å². The molecular formula is C19H29N5O3. The molecule has 4 aliphatic rings. The van der Waals surface area contributed by atoms with Gasteiger partial charge in [-0.05, 0) is 37.5 Å². The van der Waals surface area contributed by atoms with E-state index < -0.39 is 0 Å². The summed E-state index contributed by atoms with van der Waals surface area (Å²) in [6.45, 7) is 5.33. The fourth-order valence-electron chi connectivity index (χ4n) is 5.11. The van der Waals surface area contributed by atoms with E-state index in [1.54, 1.807) is 4.90 Å². The van der Waals surface area contributed by atoms with Crippen LogP contribution in [0.2, 0.25) is 0 Å². The summed E-state index contributed by atoms with van der Waals surface area (Å²) in [5, 5.41) is 12.5. The fourth-order valence-corrected chi connectivity index (χ4v) is 5.11. The molecule has 1 unspecified atom stereocenters. The van der Waals surface area contributed by atoms with Crippen molar-refractivity contribution in [2.75, 3.05) is 52.5 Å². The maximum atomic E-state index is 12.6. The molecule has 0 aromatic rings. The Labute approximate surface area is 160 Å². The second-order valence-corrected chi connectivity index (χ2v) is 8.23. The number of hydrogen-bond acceptors (Lipinski definition) is 5. The van der Waals surface area contributed by atoms with Crippen LogP contribution in [0.25, 0.3) is 0 Å². The third kappa shape index (κ3) is 3.90. The average molecular weight is 375 g/mol. The van der Waals surface area contributed by atoms with Gasteiger partial charge in [-0.2, -0.15) is 5.26 Å². The quantitative estimate of drug-likeness (QED) is 0.764. The van der Waals surface area contributed by atoms with Crippen molar-refractivity contribution in [2.45, 2.75) is 37.8 Å². The van der Waals surface area contributed by atoms with E-state index >= 15 is 0 Å². The van der Waals surface area contributed by atoms with E-state index in [4.69, 9.17) is 10.00 Å². The highest BCUT2D eigenvalue weighted by atomic mass is 16.5. The molecule has 8 heteroatoms. The zero-order valence-corrected chi connectivity index (χ0v) is 15.8. The molecule has 1 saturated carbocycles. The van der Waals surface area contributed by atoms with Crippen LogP contribution in [0.1, 0.15) is 25.7 Å². The lowest BCUT2D eigenvalue weighted by Gasteiger charge is -2.31.